The molecule has 2 nitrogen and oxygen atoms in total. The Bertz CT molecular complexity index is 459. The van der Waals surface area contributed by atoms with Crippen molar-refractivity contribution in [2.24, 2.45) is 0 Å². The lowest BCUT2D eigenvalue weighted by atomic mass is 9.81. The van der Waals surface area contributed by atoms with E-state index in [1.807, 2.05) is 0 Å². The molecule has 1 aromatic rings. The van der Waals surface area contributed by atoms with Gasteiger partial charge < -0.3 is 10.0 Å². The molecule has 0 bridgehead atoms. The first-order valence-corrected chi connectivity index (χ1v) is 6.97. The summed E-state index contributed by atoms with van der Waals surface area (Å²) in [5, 5.41) is 10.7. The standard InChI is InChI=1S/C15H19F2NO/c16-13-4-1-5-14(17)12(13)10-15(19)6-8-18-7-2-3-11(18)9-15/h1,4-5,11,19H,2-3,6-10H2. The second kappa shape index (κ2) is 4.84. The zero-order valence-corrected chi connectivity index (χ0v) is 10.9. The molecular weight excluding hydrogens is 248 g/mol. The van der Waals surface area contributed by atoms with Gasteiger partial charge in [-0.3, -0.25) is 0 Å². The van der Waals surface area contributed by atoms with E-state index in [0.29, 0.717) is 18.9 Å². The molecule has 0 saturated carbocycles. The van der Waals surface area contributed by atoms with Crippen molar-refractivity contribution < 1.29 is 13.9 Å². The summed E-state index contributed by atoms with van der Waals surface area (Å²) in [6.45, 7) is 1.92. The summed E-state index contributed by atoms with van der Waals surface area (Å²) in [5.74, 6) is -1.11. The van der Waals surface area contributed by atoms with Crippen molar-refractivity contribution in [3.05, 3.63) is 35.4 Å². The topological polar surface area (TPSA) is 23.5 Å². The number of aliphatic hydroxyl groups is 1. The molecule has 2 aliphatic rings. The van der Waals surface area contributed by atoms with Crippen LogP contribution >= 0.6 is 0 Å². The van der Waals surface area contributed by atoms with Crippen molar-refractivity contribution >= 4 is 0 Å². The quantitative estimate of drug-likeness (QED) is 0.890. The molecule has 3 rings (SSSR count). The lowest BCUT2D eigenvalue weighted by Gasteiger charge is -2.41. The minimum absolute atomic E-state index is 0.0245. The second-order valence-electron chi connectivity index (χ2n) is 5.89. The van der Waals surface area contributed by atoms with Crippen molar-refractivity contribution in [2.75, 3.05) is 13.1 Å². The first kappa shape index (κ1) is 13.0. The maximum absolute atomic E-state index is 13.7. The summed E-state index contributed by atoms with van der Waals surface area (Å²) in [7, 11) is 0. The third-order valence-electron chi connectivity index (χ3n) is 4.55. The Kier molecular flexibility index (Phi) is 3.31. The highest BCUT2D eigenvalue weighted by Crippen LogP contribution is 2.35. The van der Waals surface area contributed by atoms with Gasteiger partial charge in [-0.05, 0) is 44.4 Å². The second-order valence-corrected chi connectivity index (χ2v) is 5.89. The molecule has 2 saturated heterocycles. The van der Waals surface area contributed by atoms with Crippen LogP contribution in [0.25, 0.3) is 0 Å². The summed E-state index contributed by atoms with van der Waals surface area (Å²) < 4.78 is 27.4. The fourth-order valence-corrected chi connectivity index (χ4v) is 3.50. The monoisotopic (exact) mass is 267 g/mol. The van der Waals surface area contributed by atoms with Gasteiger partial charge >= 0.3 is 0 Å². The third kappa shape index (κ3) is 2.51. The Morgan fingerprint density at radius 2 is 2.00 bits per heavy atom. The number of benzene rings is 1. The largest absolute Gasteiger partial charge is 0.389 e. The van der Waals surface area contributed by atoms with Crippen LogP contribution in [0.15, 0.2) is 18.2 Å². The Hall–Kier alpha value is -1.00. The molecule has 0 radical (unpaired) electrons. The van der Waals surface area contributed by atoms with E-state index in [1.54, 1.807) is 0 Å². The fourth-order valence-electron chi connectivity index (χ4n) is 3.50. The minimum Gasteiger partial charge on any atom is -0.389 e. The van der Waals surface area contributed by atoms with E-state index in [1.165, 1.54) is 18.2 Å². The SMILES string of the molecule is OC1(Cc2c(F)cccc2F)CCN2CCCC2C1. The molecule has 2 heterocycles. The van der Waals surface area contributed by atoms with Gasteiger partial charge in [-0.25, -0.2) is 8.78 Å². The predicted molar refractivity (Wildman–Crippen MR) is 68.8 cm³/mol. The summed E-state index contributed by atoms with van der Waals surface area (Å²) in [5.41, 5.74) is -0.939. The maximum atomic E-state index is 13.7. The summed E-state index contributed by atoms with van der Waals surface area (Å²) in [6.07, 6.45) is 3.55. The highest BCUT2D eigenvalue weighted by Gasteiger charge is 2.40. The lowest BCUT2D eigenvalue weighted by Crippen LogP contribution is -2.49. The zero-order valence-electron chi connectivity index (χ0n) is 10.9. The van der Waals surface area contributed by atoms with Gasteiger partial charge in [0, 0.05) is 24.6 Å². The van der Waals surface area contributed by atoms with Crippen LogP contribution in [0, 0.1) is 11.6 Å². The van der Waals surface area contributed by atoms with E-state index >= 15 is 0 Å². The van der Waals surface area contributed by atoms with E-state index < -0.39 is 17.2 Å². The van der Waals surface area contributed by atoms with E-state index in [-0.39, 0.29) is 12.0 Å². The molecule has 2 aliphatic heterocycles. The van der Waals surface area contributed by atoms with Gasteiger partial charge in [0.05, 0.1) is 5.60 Å². The van der Waals surface area contributed by atoms with E-state index in [0.717, 1.165) is 25.9 Å². The molecule has 0 aromatic heterocycles. The van der Waals surface area contributed by atoms with Crippen LogP contribution in [0.4, 0.5) is 8.78 Å². The number of halogens is 2. The van der Waals surface area contributed by atoms with E-state index in [4.69, 9.17) is 0 Å². The number of hydrogen-bond acceptors (Lipinski definition) is 2. The van der Waals surface area contributed by atoms with Gasteiger partial charge in [-0.2, -0.15) is 0 Å². The van der Waals surface area contributed by atoms with Crippen molar-refractivity contribution in [2.45, 2.75) is 43.7 Å². The smallest absolute Gasteiger partial charge is 0.129 e. The van der Waals surface area contributed by atoms with Crippen LogP contribution in [0.1, 0.15) is 31.2 Å². The molecule has 2 unspecified atom stereocenters. The third-order valence-corrected chi connectivity index (χ3v) is 4.55. The van der Waals surface area contributed by atoms with Crippen molar-refractivity contribution in [1.29, 1.82) is 0 Å². The lowest BCUT2D eigenvalue weighted by molar-refractivity contribution is -0.0364. The highest BCUT2D eigenvalue weighted by atomic mass is 19.1. The Morgan fingerprint density at radius 3 is 2.74 bits per heavy atom. The average Bonchev–Trinajstić information content (AvgIpc) is 2.81. The molecule has 4 heteroatoms. The van der Waals surface area contributed by atoms with Crippen molar-refractivity contribution in [3.63, 3.8) is 0 Å². The molecule has 2 atom stereocenters. The van der Waals surface area contributed by atoms with Crippen LogP contribution < -0.4 is 0 Å². The molecular formula is C15H19F2NO. The summed E-state index contributed by atoms with van der Waals surface area (Å²) in [4.78, 5) is 2.38. The molecule has 0 aliphatic carbocycles. The molecule has 19 heavy (non-hydrogen) atoms. The van der Waals surface area contributed by atoms with Crippen LogP contribution in [0.5, 0.6) is 0 Å². The Morgan fingerprint density at radius 1 is 1.26 bits per heavy atom. The normalized spacial score (nSPS) is 31.4. The van der Waals surface area contributed by atoms with E-state index in [9.17, 15) is 13.9 Å². The maximum Gasteiger partial charge on any atom is 0.129 e. The fraction of sp³-hybridized carbons (Fsp3) is 0.600. The molecule has 1 aromatic carbocycles. The van der Waals surface area contributed by atoms with Gasteiger partial charge in [-0.1, -0.05) is 6.07 Å². The summed E-state index contributed by atoms with van der Waals surface area (Å²) >= 11 is 0. The average molecular weight is 267 g/mol. The van der Waals surface area contributed by atoms with Crippen LogP contribution in [0.2, 0.25) is 0 Å². The van der Waals surface area contributed by atoms with Crippen LogP contribution in [-0.2, 0) is 6.42 Å². The number of rotatable bonds is 2. The number of piperidine rings is 1. The molecule has 0 spiro atoms. The molecule has 1 N–H and O–H groups in total. The van der Waals surface area contributed by atoms with Crippen molar-refractivity contribution in [3.8, 4) is 0 Å². The van der Waals surface area contributed by atoms with Gasteiger partial charge in [-0.15, -0.1) is 0 Å². The summed E-state index contributed by atoms with van der Waals surface area (Å²) in [6, 6.07) is 4.25. The number of fused-ring (bicyclic) bond motifs is 1. The van der Waals surface area contributed by atoms with Gasteiger partial charge in [0.2, 0.25) is 0 Å². The van der Waals surface area contributed by atoms with E-state index in [2.05, 4.69) is 4.90 Å². The first-order chi connectivity index (χ1) is 9.07. The van der Waals surface area contributed by atoms with Gasteiger partial charge in [0.1, 0.15) is 11.6 Å². The number of nitrogens with zero attached hydrogens (tertiary/aromatic N) is 1. The Labute approximate surface area is 112 Å². The molecule has 0 amide bonds. The predicted octanol–water partition coefficient (Wildman–Crippen LogP) is 2.50. The number of hydrogen-bond donors (Lipinski definition) is 1. The molecule has 104 valence electrons. The van der Waals surface area contributed by atoms with Gasteiger partial charge in [0.25, 0.3) is 0 Å². The first-order valence-electron chi connectivity index (χ1n) is 6.97. The van der Waals surface area contributed by atoms with Crippen molar-refractivity contribution in [1.82, 2.24) is 4.90 Å². The zero-order chi connectivity index (χ0) is 13.5. The highest BCUT2D eigenvalue weighted by molar-refractivity contribution is 5.22. The Balaban J connectivity index is 1.78. The van der Waals surface area contributed by atoms with Crippen LogP contribution in [-0.4, -0.2) is 34.7 Å². The van der Waals surface area contributed by atoms with Gasteiger partial charge in [0.15, 0.2) is 0 Å². The minimum atomic E-state index is -0.964. The molecule has 2 fully saturated rings. The van der Waals surface area contributed by atoms with Crippen LogP contribution in [0.3, 0.4) is 0 Å².